The molecule has 0 saturated carbocycles. The summed E-state index contributed by atoms with van der Waals surface area (Å²) in [5, 5.41) is 10.6. The topological polar surface area (TPSA) is 78.1 Å². The number of carboxylic acids is 1. The Balaban J connectivity index is 3.02. The first-order valence-electron chi connectivity index (χ1n) is 4.17. The standard InChI is InChI=1S/C10H10N2O2/c1-7(9(12-11)10(13)14)8-5-3-2-4-6-8/h2-7,11H,1H3. The molecule has 4 nitrogen and oxygen atoms in total. The second-order valence-electron chi connectivity index (χ2n) is 2.92. The Morgan fingerprint density at radius 3 is 2.43 bits per heavy atom. The summed E-state index contributed by atoms with van der Waals surface area (Å²) >= 11 is 0. The van der Waals surface area contributed by atoms with Crippen LogP contribution in [-0.4, -0.2) is 16.5 Å². The van der Waals surface area contributed by atoms with E-state index >= 15 is 0 Å². The normalized spacial score (nSPS) is 11.5. The fourth-order valence-corrected chi connectivity index (χ4v) is 1.22. The summed E-state index contributed by atoms with van der Waals surface area (Å²) in [6.45, 7) is 1.68. The molecule has 0 aliphatic rings. The molecular formula is C10H10N2O2. The van der Waals surface area contributed by atoms with Crippen molar-refractivity contribution in [2.45, 2.75) is 12.8 Å². The number of carbonyl (C=O) groups excluding carboxylic acids is 1. The van der Waals surface area contributed by atoms with E-state index in [4.69, 9.17) is 5.53 Å². The number of rotatable bonds is 3. The summed E-state index contributed by atoms with van der Waals surface area (Å²) in [7, 11) is 0. The van der Waals surface area contributed by atoms with Gasteiger partial charge in [0, 0.05) is 0 Å². The van der Waals surface area contributed by atoms with Gasteiger partial charge in [0.2, 0.25) is 0 Å². The van der Waals surface area contributed by atoms with Crippen LogP contribution in [0, 0.1) is 5.53 Å². The maximum Gasteiger partial charge on any atom is 0.370 e. The number of carboxylic acid groups (broad SMARTS) is 1. The van der Waals surface area contributed by atoms with Gasteiger partial charge >= 0.3 is 5.71 Å². The first-order valence-corrected chi connectivity index (χ1v) is 4.17. The van der Waals surface area contributed by atoms with Crippen LogP contribution in [0.4, 0.5) is 0 Å². The van der Waals surface area contributed by atoms with Crippen LogP contribution in [0.3, 0.4) is 0 Å². The lowest BCUT2D eigenvalue weighted by Crippen LogP contribution is -2.35. The van der Waals surface area contributed by atoms with Crippen molar-refractivity contribution in [2.75, 3.05) is 0 Å². The monoisotopic (exact) mass is 190 g/mol. The molecule has 14 heavy (non-hydrogen) atoms. The molecule has 1 aromatic rings. The molecule has 1 N–H and O–H groups in total. The number of carbonyl (C=O) groups is 1. The molecular weight excluding hydrogens is 180 g/mol. The van der Waals surface area contributed by atoms with Crippen molar-refractivity contribution < 1.29 is 14.7 Å². The SMILES string of the molecule is CC(C(=[N+]=N)C(=O)[O-])c1ccccc1. The minimum Gasteiger partial charge on any atom is -0.539 e. The van der Waals surface area contributed by atoms with Crippen molar-refractivity contribution >= 4 is 11.7 Å². The van der Waals surface area contributed by atoms with Gasteiger partial charge in [-0.05, 0) is 12.5 Å². The van der Waals surface area contributed by atoms with Crippen LogP contribution < -0.4 is 5.11 Å². The Kier molecular flexibility index (Phi) is 3.15. The minimum atomic E-state index is -1.39. The molecule has 0 heterocycles. The number of nitrogens with one attached hydrogen (secondary N) is 1. The zero-order valence-electron chi connectivity index (χ0n) is 7.73. The molecule has 0 aliphatic carbocycles. The third-order valence-electron chi connectivity index (χ3n) is 2.04. The fraction of sp³-hybridized carbons (Fsp3) is 0.200. The van der Waals surface area contributed by atoms with E-state index in [1.807, 2.05) is 18.2 Å². The highest BCUT2D eigenvalue weighted by atomic mass is 16.4. The van der Waals surface area contributed by atoms with Crippen LogP contribution in [0.15, 0.2) is 30.3 Å². The van der Waals surface area contributed by atoms with Crippen molar-refractivity contribution in [1.29, 1.82) is 5.53 Å². The van der Waals surface area contributed by atoms with Gasteiger partial charge in [0.25, 0.3) is 0 Å². The molecule has 0 saturated heterocycles. The zero-order valence-corrected chi connectivity index (χ0v) is 7.73. The van der Waals surface area contributed by atoms with Crippen molar-refractivity contribution in [1.82, 2.24) is 0 Å². The van der Waals surface area contributed by atoms with Gasteiger partial charge < -0.3 is 9.90 Å². The lowest BCUT2D eigenvalue weighted by atomic mass is 9.96. The zero-order chi connectivity index (χ0) is 10.6. The number of hydrogen-bond acceptors (Lipinski definition) is 3. The summed E-state index contributed by atoms with van der Waals surface area (Å²) in [5.41, 5.74) is 7.29. The van der Waals surface area contributed by atoms with Gasteiger partial charge in [0.05, 0.1) is 16.2 Å². The highest BCUT2D eigenvalue weighted by molar-refractivity contribution is 6.34. The van der Waals surface area contributed by atoms with Crippen LogP contribution in [0.2, 0.25) is 0 Å². The Hall–Kier alpha value is -1.93. The number of nitrogens with zero attached hydrogens (tertiary/aromatic N) is 1. The van der Waals surface area contributed by atoms with Crippen molar-refractivity contribution in [3.8, 4) is 0 Å². The lowest BCUT2D eigenvalue weighted by Gasteiger charge is -2.05. The van der Waals surface area contributed by atoms with Crippen molar-refractivity contribution in [3.05, 3.63) is 35.9 Å². The molecule has 72 valence electrons. The van der Waals surface area contributed by atoms with E-state index in [9.17, 15) is 9.90 Å². The first-order chi connectivity index (χ1) is 6.66. The van der Waals surface area contributed by atoms with Gasteiger partial charge in [-0.15, -0.1) is 0 Å². The van der Waals surface area contributed by atoms with Crippen LogP contribution in [0.25, 0.3) is 0 Å². The molecule has 0 radical (unpaired) electrons. The average molecular weight is 190 g/mol. The Bertz CT molecular complexity index is 380. The van der Waals surface area contributed by atoms with E-state index < -0.39 is 11.9 Å². The van der Waals surface area contributed by atoms with Crippen molar-refractivity contribution in [3.63, 3.8) is 0 Å². The van der Waals surface area contributed by atoms with Crippen LogP contribution >= 0.6 is 0 Å². The smallest absolute Gasteiger partial charge is 0.370 e. The van der Waals surface area contributed by atoms with Crippen molar-refractivity contribution in [2.24, 2.45) is 0 Å². The maximum atomic E-state index is 10.6. The van der Waals surface area contributed by atoms with E-state index in [0.717, 1.165) is 5.56 Å². The first kappa shape index (κ1) is 10.2. The molecule has 1 unspecified atom stereocenters. The summed E-state index contributed by atoms with van der Waals surface area (Å²) in [6.07, 6.45) is 0. The molecule has 0 spiro atoms. The highest BCUT2D eigenvalue weighted by Gasteiger charge is 2.23. The summed E-state index contributed by atoms with van der Waals surface area (Å²) in [6, 6.07) is 9.04. The molecule has 1 atom stereocenters. The van der Waals surface area contributed by atoms with Crippen LogP contribution in [-0.2, 0) is 4.79 Å². The number of hydrogen-bond donors (Lipinski definition) is 1. The van der Waals surface area contributed by atoms with Gasteiger partial charge in [-0.1, -0.05) is 30.3 Å². The van der Waals surface area contributed by atoms with Gasteiger partial charge in [0.1, 0.15) is 0 Å². The lowest BCUT2D eigenvalue weighted by molar-refractivity contribution is -0.299. The summed E-state index contributed by atoms with van der Waals surface area (Å²) < 4.78 is 0. The predicted molar refractivity (Wildman–Crippen MR) is 47.9 cm³/mol. The molecule has 4 heteroatoms. The fourth-order valence-electron chi connectivity index (χ4n) is 1.22. The molecule has 1 rings (SSSR count). The second kappa shape index (κ2) is 4.35. The van der Waals surface area contributed by atoms with Gasteiger partial charge in [-0.2, -0.15) is 0 Å². The van der Waals surface area contributed by atoms with E-state index in [1.54, 1.807) is 19.1 Å². The van der Waals surface area contributed by atoms with Gasteiger partial charge in [-0.3, -0.25) is 0 Å². The third kappa shape index (κ3) is 2.06. The molecule has 0 amide bonds. The highest BCUT2D eigenvalue weighted by Crippen LogP contribution is 2.14. The molecule has 0 aliphatic heterocycles. The Morgan fingerprint density at radius 2 is 2.00 bits per heavy atom. The molecule has 1 aromatic carbocycles. The number of aliphatic carboxylic acids is 1. The third-order valence-corrected chi connectivity index (χ3v) is 2.04. The summed E-state index contributed by atoms with van der Waals surface area (Å²) in [5.74, 6) is -1.81. The van der Waals surface area contributed by atoms with Gasteiger partial charge in [-0.25, -0.2) is 0 Å². The maximum absolute atomic E-state index is 10.6. The predicted octanol–water partition coefficient (Wildman–Crippen LogP) is 0.220. The van der Waals surface area contributed by atoms with E-state index in [1.165, 1.54) is 0 Å². The average Bonchev–Trinajstić information content (AvgIpc) is 2.19. The van der Waals surface area contributed by atoms with Crippen LogP contribution in [0.5, 0.6) is 0 Å². The van der Waals surface area contributed by atoms with Gasteiger partial charge in [0.15, 0.2) is 5.97 Å². The van der Waals surface area contributed by atoms with Crippen LogP contribution in [0.1, 0.15) is 18.4 Å². The largest absolute Gasteiger partial charge is 0.539 e. The molecule has 0 fully saturated rings. The van der Waals surface area contributed by atoms with E-state index in [0.29, 0.717) is 0 Å². The Morgan fingerprint density at radius 1 is 1.43 bits per heavy atom. The second-order valence-corrected chi connectivity index (χ2v) is 2.92. The number of benzene rings is 1. The Labute approximate surface area is 81.4 Å². The minimum absolute atomic E-state index is 0.254. The molecule has 0 bridgehead atoms. The molecule has 0 aromatic heterocycles. The summed E-state index contributed by atoms with van der Waals surface area (Å²) in [4.78, 5) is 13.6. The van der Waals surface area contributed by atoms with E-state index in [-0.39, 0.29) is 5.71 Å². The van der Waals surface area contributed by atoms with E-state index in [2.05, 4.69) is 4.79 Å². The quantitative estimate of drug-likeness (QED) is 0.420.